The topological polar surface area (TPSA) is 81.1 Å². The van der Waals surface area contributed by atoms with Gasteiger partial charge in [-0.05, 0) is 49.9 Å². The Labute approximate surface area is 145 Å². The highest BCUT2D eigenvalue weighted by molar-refractivity contribution is 6.30. The molecule has 24 heavy (non-hydrogen) atoms. The number of amides is 1. The molecule has 3 rings (SSSR count). The van der Waals surface area contributed by atoms with E-state index in [4.69, 9.17) is 11.6 Å². The number of carbonyl (C=O) groups excluding carboxylic acids is 1. The van der Waals surface area contributed by atoms with Crippen LogP contribution in [0.5, 0.6) is 5.75 Å². The molecule has 2 fully saturated rings. The van der Waals surface area contributed by atoms with Gasteiger partial charge in [-0.1, -0.05) is 11.6 Å². The summed E-state index contributed by atoms with van der Waals surface area (Å²) in [6.45, 7) is 1.89. The van der Waals surface area contributed by atoms with Crippen molar-refractivity contribution in [2.45, 2.75) is 25.3 Å². The molecule has 1 unspecified atom stereocenters. The number of halogens is 1. The van der Waals surface area contributed by atoms with Crippen molar-refractivity contribution < 1.29 is 19.8 Å². The Balaban J connectivity index is 1.67. The maximum Gasteiger partial charge on any atom is 0.320 e. The molecule has 7 heteroatoms. The summed E-state index contributed by atoms with van der Waals surface area (Å²) in [7, 11) is 1.84. The minimum Gasteiger partial charge on any atom is -0.507 e. The van der Waals surface area contributed by atoms with Crippen molar-refractivity contribution in [3.05, 3.63) is 28.8 Å². The molecular formula is C17H21ClN2O4. The number of likely N-dealkylation sites (N-methyl/N-ethyl adjacent to an activating group) is 1. The van der Waals surface area contributed by atoms with Crippen LogP contribution in [0.1, 0.15) is 29.6 Å². The molecule has 1 aromatic carbocycles. The molecule has 2 N–H and O–H groups in total. The van der Waals surface area contributed by atoms with E-state index in [0.717, 1.165) is 19.4 Å². The number of hydrogen-bond donors (Lipinski definition) is 2. The molecular weight excluding hydrogens is 332 g/mol. The number of phenolic OH excluding ortho intramolecular Hbond substituents is 1. The number of benzene rings is 1. The molecule has 2 saturated heterocycles. The van der Waals surface area contributed by atoms with Crippen LogP contribution < -0.4 is 0 Å². The lowest BCUT2D eigenvalue weighted by Crippen LogP contribution is -2.44. The fourth-order valence-electron chi connectivity index (χ4n) is 3.95. The van der Waals surface area contributed by atoms with Gasteiger partial charge in [-0.25, -0.2) is 0 Å². The fourth-order valence-corrected chi connectivity index (χ4v) is 4.11. The van der Waals surface area contributed by atoms with Gasteiger partial charge in [-0.2, -0.15) is 0 Å². The van der Waals surface area contributed by atoms with Crippen LogP contribution in [-0.2, 0) is 4.79 Å². The van der Waals surface area contributed by atoms with Gasteiger partial charge in [-0.3, -0.25) is 14.5 Å². The average molecular weight is 353 g/mol. The average Bonchev–Trinajstić information content (AvgIpc) is 2.84. The molecule has 1 atom stereocenters. The highest BCUT2D eigenvalue weighted by Crippen LogP contribution is 2.43. The summed E-state index contributed by atoms with van der Waals surface area (Å²) in [4.78, 5) is 27.5. The summed E-state index contributed by atoms with van der Waals surface area (Å²) < 4.78 is 0. The van der Waals surface area contributed by atoms with Gasteiger partial charge in [0.05, 0.1) is 5.56 Å². The van der Waals surface area contributed by atoms with Crippen LogP contribution in [0.15, 0.2) is 18.2 Å². The monoisotopic (exact) mass is 352 g/mol. The number of nitrogens with zero attached hydrogens (tertiary/aromatic N) is 2. The summed E-state index contributed by atoms with van der Waals surface area (Å²) >= 11 is 5.80. The first-order valence-electron chi connectivity index (χ1n) is 8.02. The Morgan fingerprint density at radius 1 is 1.29 bits per heavy atom. The molecule has 2 aliphatic rings. The third-order valence-electron chi connectivity index (χ3n) is 5.33. The van der Waals surface area contributed by atoms with Crippen molar-refractivity contribution in [2.75, 3.05) is 26.7 Å². The van der Waals surface area contributed by atoms with E-state index in [1.807, 2.05) is 11.9 Å². The van der Waals surface area contributed by atoms with E-state index in [1.54, 1.807) is 11.0 Å². The van der Waals surface area contributed by atoms with E-state index < -0.39 is 12.0 Å². The van der Waals surface area contributed by atoms with Gasteiger partial charge in [0, 0.05) is 24.7 Å². The van der Waals surface area contributed by atoms with E-state index in [2.05, 4.69) is 0 Å². The first-order valence-corrected chi connectivity index (χ1v) is 8.40. The molecule has 1 amide bonds. The van der Waals surface area contributed by atoms with Gasteiger partial charge >= 0.3 is 5.97 Å². The molecule has 130 valence electrons. The molecule has 0 radical (unpaired) electrons. The largest absolute Gasteiger partial charge is 0.507 e. The van der Waals surface area contributed by atoms with Crippen LogP contribution in [0, 0.1) is 5.41 Å². The molecule has 0 saturated carbocycles. The number of phenols is 1. The predicted molar refractivity (Wildman–Crippen MR) is 89.4 cm³/mol. The van der Waals surface area contributed by atoms with Gasteiger partial charge in [-0.15, -0.1) is 0 Å². The fraction of sp³-hybridized carbons (Fsp3) is 0.529. The Bertz CT molecular complexity index is 671. The van der Waals surface area contributed by atoms with Crippen molar-refractivity contribution in [1.82, 2.24) is 9.80 Å². The van der Waals surface area contributed by atoms with Gasteiger partial charge in [0.2, 0.25) is 0 Å². The number of aromatic hydroxyl groups is 1. The number of carboxylic acid groups (broad SMARTS) is 1. The first-order chi connectivity index (χ1) is 11.3. The third-order valence-corrected chi connectivity index (χ3v) is 5.56. The van der Waals surface area contributed by atoms with Crippen LogP contribution in [-0.4, -0.2) is 64.6 Å². The van der Waals surface area contributed by atoms with Crippen molar-refractivity contribution in [3.63, 3.8) is 0 Å². The second-order valence-electron chi connectivity index (χ2n) is 6.93. The van der Waals surface area contributed by atoms with Crippen LogP contribution in [0.4, 0.5) is 0 Å². The summed E-state index contributed by atoms with van der Waals surface area (Å²) in [6.07, 6.45) is 2.19. The SMILES string of the molecule is CN1CC2(CCN(C(=O)c3ccc(Cl)cc3O)CC2)CC1C(=O)O. The van der Waals surface area contributed by atoms with E-state index >= 15 is 0 Å². The van der Waals surface area contributed by atoms with Gasteiger partial charge in [0.25, 0.3) is 5.91 Å². The highest BCUT2D eigenvalue weighted by Gasteiger charge is 2.47. The standard InChI is InChI=1S/C17H21ClN2O4/c1-19-10-17(9-13(19)16(23)24)4-6-20(7-5-17)15(22)12-3-2-11(18)8-14(12)21/h2-3,8,13,21H,4-7,9-10H2,1H3,(H,23,24). The lowest BCUT2D eigenvalue weighted by molar-refractivity contribution is -0.141. The molecule has 1 aromatic rings. The van der Waals surface area contributed by atoms with Crippen molar-refractivity contribution in [3.8, 4) is 5.75 Å². The smallest absolute Gasteiger partial charge is 0.320 e. The normalized spacial score (nSPS) is 23.6. The number of rotatable bonds is 2. The zero-order chi connectivity index (χ0) is 17.5. The van der Waals surface area contributed by atoms with Gasteiger partial charge < -0.3 is 15.1 Å². The summed E-state index contributed by atoms with van der Waals surface area (Å²) in [5.41, 5.74) is 0.221. The number of piperidine rings is 1. The highest BCUT2D eigenvalue weighted by atomic mass is 35.5. The van der Waals surface area contributed by atoms with Gasteiger partial charge in [0.1, 0.15) is 11.8 Å². The Morgan fingerprint density at radius 2 is 1.96 bits per heavy atom. The summed E-state index contributed by atoms with van der Waals surface area (Å²) in [6, 6.07) is 4.05. The molecule has 1 spiro atoms. The Kier molecular flexibility index (Phi) is 4.44. The minimum absolute atomic E-state index is 0.0311. The first kappa shape index (κ1) is 17.0. The van der Waals surface area contributed by atoms with Crippen molar-refractivity contribution in [2.24, 2.45) is 5.41 Å². The molecule has 6 nitrogen and oxygen atoms in total. The Hall–Kier alpha value is -1.79. The van der Waals surface area contributed by atoms with E-state index in [9.17, 15) is 19.8 Å². The number of hydrogen-bond acceptors (Lipinski definition) is 4. The summed E-state index contributed by atoms with van der Waals surface area (Å²) in [5.74, 6) is -1.10. The summed E-state index contributed by atoms with van der Waals surface area (Å²) in [5, 5.41) is 19.6. The Morgan fingerprint density at radius 3 is 2.50 bits per heavy atom. The van der Waals surface area contributed by atoms with Crippen LogP contribution in [0.3, 0.4) is 0 Å². The molecule has 2 heterocycles. The van der Waals surface area contributed by atoms with Gasteiger partial charge in [0.15, 0.2) is 0 Å². The minimum atomic E-state index is -0.779. The lowest BCUT2D eigenvalue weighted by Gasteiger charge is -2.39. The molecule has 0 aliphatic carbocycles. The number of likely N-dealkylation sites (tertiary alicyclic amines) is 2. The van der Waals surface area contributed by atoms with Crippen molar-refractivity contribution >= 4 is 23.5 Å². The second-order valence-corrected chi connectivity index (χ2v) is 7.36. The number of carboxylic acids is 1. The molecule has 0 aromatic heterocycles. The maximum absolute atomic E-state index is 12.6. The van der Waals surface area contributed by atoms with E-state index in [0.29, 0.717) is 24.5 Å². The molecule has 2 aliphatic heterocycles. The van der Waals surface area contributed by atoms with Crippen LogP contribution >= 0.6 is 11.6 Å². The lowest BCUT2D eigenvalue weighted by atomic mass is 9.76. The molecule has 0 bridgehead atoms. The number of carbonyl (C=O) groups is 2. The zero-order valence-corrected chi connectivity index (χ0v) is 14.3. The number of aliphatic carboxylic acids is 1. The zero-order valence-electron chi connectivity index (χ0n) is 13.5. The van der Waals surface area contributed by atoms with Crippen molar-refractivity contribution in [1.29, 1.82) is 0 Å². The maximum atomic E-state index is 12.6. The van der Waals surface area contributed by atoms with Crippen LogP contribution in [0.2, 0.25) is 5.02 Å². The predicted octanol–water partition coefficient (Wildman–Crippen LogP) is 2.06. The quantitative estimate of drug-likeness (QED) is 0.851. The van der Waals surface area contributed by atoms with E-state index in [-0.39, 0.29) is 22.6 Å². The van der Waals surface area contributed by atoms with E-state index in [1.165, 1.54) is 12.1 Å². The van der Waals surface area contributed by atoms with Crippen LogP contribution in [0.25, 0.3) is 0 Å². The second kappa shape index (κ2) is 6.26. The third kappa shape index (κ3) is 3.08.